The van der Waals surface area contributed by atoms with E-state index in [0.29, 0.717) is 11.5 Å². The Kier molecular flexibility index (Phi) is 5.27. The van der Waals surface area contributed by atoms with Crippen LogP contribution >= 0.6 is 0 Å². The number of nitrogens with zero attached hydrogens (tertiary/aromatic N) is 1. The van der Waals surface area contributed by atoms with Gasteiger partial charge in [0, 0.05) is 0 Å². The van der Waals surface area contributed by atoms with E-state index in [1.165, 1.54) is 12.5 Å². The van der Waals surface area contributed by atoms with Gasteiger partial charge in [0.2, 0.25) is 5.41 Å². The average molecular weight is 384 g/mol. The molecule has 8 heteroatoms. The molecule has 1 aliphatic carbocycles. The lowest BCUT2D eigenvalue weighted by Gasteiger charge is -2.29. The minimum absolute atomic E-state index is 0.00666. The number of hydrogen-bond acceptors (Lipinski definition) is 8. The van der Waals surface area contributed by atoms with Gasteiger partial charge in [-0.1, -0.05) is 0 Å². The Bertz CT molecular complexity index is 923. The van der Waals surface area contributed by atoms with Gasteiger partial charge in [0.1, 0.15) is 11.5 Å². The highest BCUT2D eigenvalue weighted by Gasteiger charge is 2.64. The van der Waals surface area contributed by atoms with E-state index in [2.05, 4.69) is 0 Å². The van der Waals surface area contributed by atoms with Crippen molar-refractivity contribution in [2.24, 2.45) is 11.1 Å². The molecule has 28 heavy (non-hydrogen) atoms. The van der Waals surface area contributed by atoms with Gasteiger partial charge in [-0.15, -0.1) is 0 Å². The van der Waals surface area contributed by atoms with Gasteiger partial charge >= 0.3 is 11.9 Å². The van der Waals surface area contributed by atoms with E-state index in [1.807, 2.05) is 6.07 Å². The van der Waals surface area contributed by atoms with Gasteiger partial charge in [0.05, 0.1) is 54.9 Å². The minimum Gasteiger partial charge on any atom is -0.469 e. The van der Waals surface area contributed by atoms with Gasteiger partial charge < -0.3 is 24.0 Å². The molecule has 0 amide bonds. The third kappa shape index (κ3) is 2.76. The van der Waals surface area contributed by atoms with Crippen LogP contribution in [0.2, 0.25) is 0 Å². The molecule has 146 valence electrons. The molecule has 0 aliphatic heterocycles. The van der Waals surface area contributed by atoms with Crippen LogP contribution in [0.1, 0.15) is 37.2 Å². The zero-order valence-electron chi connectivity index (χ0n) is 15.5. The second kappa shape index (κ2) is 7.64. The van der Waals surface area contributed by atoms with Crippen LogP contribution in [0.3, 0.4) is 0 Å². The smallest absolute Gasteiger partial charge is 0.336 e. The number of carbonyl (C=O) groups is 2. The van der Waals surface area contributed by atoms with Crippen molar-refractivity contribution in [2.75, 3.05) is 13.2 Å². The predicted molar refractivity (Wildman–Crippen MR) is 95.4 cm³/mol. The molecule has 0 bridgehead atoms. The van der Waals surface area contributed by atoms with Crippen molar-refractivity contribution in [3.05, 3.63) is 59.6 Å². The Hall–Kier alpha value is -3.47. The standard InChI is InChI=1S/C20H20N2O6/c1-3-25-18(23)15-14(12-7-5-9-27-12)16(13-8-6-10-28-13)20(11-21,17(15)22)19(24)26-4-2/h5-10,14,16H,3-4,22H2,1-2H3/t14-,16+,20-/m0/s1. The van der Waals surface area contributed by atoms with Crippen molar-refractivity contribution < 1.29 is 27.9 Å². The number of nitriles is 1. The lowest BCUT2D eigenvalue weighted by Crippen LogP contribution is -2.40. The Morgan fingerprint density at radius 1 is 1.14 bits per heavy atom. The maximum absolute atomic E-state index is 13.0. The van der Waals surface area contributed by atoms with Gasteiger partial charge in [-0.3, -0.25) is 0 Å². The van der Waals surface area contributed by atoms with Gasteiger partial charge in [-0.25, -0.2) is 9.59 Å². The van der Waals surface area contributed by atoms with Gasteiger partial charge in [-0.2, -0.15) is 5.26 Å². The first kappa shape index (κ1) is 19.3. The molecule has 1 aliphatic rings. The van der Waals surface area contributed by atoms with Crippen LogP contribution < -0.4 is 5.73 Å². The van der Waals surface area contributed by atoms with Crippen molar-refractivity contribution in [2.45, 2.75) is 25.7 Å². The predicted octanol–water partition coefficient (Wildman–Crippen LogP) is 2.60. The molecule has 0 saturated carbocycles. The second-order valence-corrected chi connectivity index (χ2v) is 6.17. The molecule has 3 atom stereocenters. The molecule has 0 aromatic carbocycles. The average Bonchev–Trinajstić information content (AvgIpc) is 3.41. The Morgan fingerprint density at radius 2 is 1.75 bits per heavy atom. The molecule has 0 saturated heterocycles. The monoisotopic (exact) mass is 384 g/mol. The highest BCUT2D eigenvalue weighted by Crippen LogP contribution is 2.59. The molecule has 2 N–H and O–H groups in total. The van der Waals surface area contributed by atoms with E-state index in [9.17, 15) is 14.9 Å². The normalized spacial score (nSPS) is 24.0. The van der Waals surface area contributed by atoms with E-state index in [1.54, 1.807) is 38.1 Å². The maximum Gasteiger partial charge on any atom is 0.336 e. The highest BCUT2D eigenvalue weighted by atomic mass is 16.5. The van der Waals surface area contributed by atoms with Crippen LogP contribution in [0.4, 0.5) is 0 Å². The van der Waals surface area contributed by atoms with Crippen LogP contribution in [-0.4, -0.2) is 25.2 Å². The number of rotatable bonds is 6. The zero-order valence-corrected chi connectivity index (χ0v) is 15.5. The van der Waals surface area contributed by atoms with E-state index >= 15 is 0 Å². The number of nitrogens with two attached hydrogens (primary N) is 1. The summed E-state index contributed by atoms with van der Waals surface area (Å²) in [5.41, 5.74) is 4.11. The van der Waals surface area contributed by atoms with Crippen molar-refractivity contribution in [3.8, 4) is 6.07 Å². The number of carbonyl (C=O) groups excluding carboxylic acids is 2. The molecule has 0 spiro atoms. The Morgan fingerprint density at radius 3 is 2.25 bits per heavy atom. The fourth-order valence-corrected chi connectivity index (χ4v) is 3.69. The summed E-state index contributed by atoms with van der Waals surface area (Å²) in [6.45, 7) is 3.42. The summed E-state index contributed by atoms with van der Waals surface area (Å²) < 4.78 is 21.4. The summed E-state index contributed by atoms with van der Waals surface area (Å²) in [7, 11) is 0. The maximum atomic E-state index is 13.0. The van der Waals surface area contributed by atoms with Crippen molar-refractivity contribution in [1.82, 2.24) is 0 Å². The van der Waals surface area contributed by atoms with Crippen LogP contribution in [-0.2, 0) is 19.1 Å². The molecular formula is C20H20N2O6. The zero-order chi connectivity index (χ0) is 20.3. The number of furan rings is 2. The second-order valence-electron chi connectivity index (χ2n) is 6.17. The molecular weight excluding hydrogens is 364 g/mol. The van der Waals surface area contributed by atoms with Crippen molar-refractivity contribution >= 4 is 11.9 Å². The van der Waals surface area contributed by atoms with E-state index in [4.69, 9.17) is 24.0 Å². The Labute approximate surface area is 161 Å². The topological polar surface area (TPSA) is 129 Å². The molecule has 0 radical (unpaired) electrons. The molecule has 2 aromatic heterocycles. The summed E-state index contributed by atoms with van der Waals surface area (Å²) in [6, 6.07) is 8.53. The largest absolute Gasteiger partial charge is 0.469 e. The van der Waals surface area contributed by atoms with Gasteiger partial charge in [0.15, 0.2) is 0 Å². The lowest BCUT2D eigenvalue weighted by molar-refractivity contribution is -0.151. The first-order valence-corrected chi connectivity index (χ1v) is 8.85. The van der Waals surface area contributed by atoms with Crippen LogP contribution in [0.15, 0.2) is 56.9 Å². The molecule has 3 rings (SSSR count). The first-order valence-electron chi connectivity index (χ1n) is 8.85. The molecule has 2 heterocycles. The summed E-state index contributed by atoms with van der Waals surface area (Å²) in [6.07, 6.45) is 2.85. The van der Waals surface area contributed by atoms with Crippen LogP contribution in [0.25, 0.3) is 0 Å². The summed E-state index contributed by atoms with van der Waals surface area (Å²) in [5.74, 6) is -2.74. The van der Waals surface area contributed by atoms with Gasteiger partial charge in [-0.05, 0) is 38.1 Å². The van der Waals surface area contributed by atoms with E-state index < -0.39 is 29.2 Å². The minimum atomic E-state index is -1.96. The van der Waals surface area contributed by atoms with Crippen LogP contribution in [0.5, 0.6) is 0 Å². The summed E-state index contributed by atoms with van der Waals surface area (Å²) >= 11 is 0. The number of esters is 2. The lowest BCUT2D eigenvalue weighted by atomic mass is 9.72. The first-order chi connectivity index (χ1) is 13.5. The number of ether oxygens (including phenoxy) is 2. The third-order valence-electron chi connectivity index (χ3n) is 4.79. The Balaban J connectivity index is 2.31. The fourth-order valence-electron chi connectivity index (χ4n) is 3.69. The highest BCUT2D eigenvalue weighted by molar-refractivity contribution is 5.98. The quantitative estimate of drug-likeness (QED) is 0.753. The molecule has 0 unspecified atom stereocenters. The SMILES string of the molecule is CCOC(=O)C1=C(N)[C@@](C#N)(C(=O)OCC)[C@H](c2ccco2)[C@H]1c1ccco1. The van der Waals surface area contributed by atoms with Crippen molar-refractivity contribution in [1.29, 1.82) is 5.26 Å². The summed E-state index contributed by atoms with van der Waals surface area (Å²) in [5, 5.41) is 10.1. The fraction of sp³-hybridized carbons (Fsp3) is 0.350. The summed E-state index contributed by atoms with van der Waals surface area (Å²) in [4.78, 5) is 25.7. The molecule has 2 aromatic rings. The van der Waals surface area contributed by atoms with Crippen LogP contribution in [0, 0.1) is 16.7 Å². The number of hydrogen-bond donors (Lipinski definition) is 1. The van der Waals surface area contributed by atoms with E-state index in [-0.39, 0.29) is 24.5 Å². The third-order valence-corrected chi connectivity index (χ3v) is 4.79. The van der Waals surface area contributed by atoms with E-state index in [0.717, 1.165) is 0 Å². The molecule has 0 fully saturated rings. The van der Waals surface area contributed by atoms with Gasteiger partial charge in [0.25, 0.3) is 0 Å². The van der Waals surface area contributed by atoms with Crippen molar-refractivity contribution in [3.63, 3.8) is 0 Å². The molecule has 8 nitrogen and oxygen atoms in total.